The highest BCUT2D eigenvalue weighted by atomic mass is 35.5. The van der Waals surface area contributed by atoms with E-state index in [1.807, 2.05) is 30.3 Å². The molecule has 1 atom stereocenters. The van der Waals surface area contributed by atoms with Crippen molar-refractivity contribution >= 4 is 33.2 Å². The molecule has 9 heteroatoms. The standard InChI is InChI=1S/C21H15Cl2N3O3S/c22-16-8-6-14(7-9-16)19(26-30(27,28)18-12-10-17(23)11-13-18)21-25-24-20(29-21)15-4-2-1-3-5-15/h1-13,19,26H. The van der Waals surface area contributed by atoms with Gasteiger partial charge in [-0.1, -0.05) is 53.5 Å². The molecule has 1 heterocycles. The van der Waals surface area contributed by atoms with E-state index in [-0.39, 0.29) is 16.7 Å². The van der Waals surface area contributed by atoms with Crippen LogP contribution < -0.4 is 4.72 Å². The van der Waals surface area contributed by atoms with Gasteiger partial charge in [0.1, 0.15) is 6.04 Å². The minimum atomic E-state index is -3.91. The Hall–Kier alpha value is -2.71. The Morgan fingerprint density at radius 2 is 1.40 bits per heavy atom. The smallest absolute Gasteiger partial charge is 0.247 e. The number of aromatic nitrogens is 2. The second kappa shape index (κ2) is 8.57. The Morgan fingerprint density at radius 1 is 0.800 bits per heavy atom. The van der Waals surface area contributed by atoms with Gasteiger partial charge in [0, 0.05) is 15.6 Å². The van der Waals surface area contributed by atoms with Gasteiger partial charge in [-0.2, -0.15) is 4.72 Å². The Kier molecular flexibility index (Phi) is 5.87. The Labute approximate surface area is 183 Å². The average molecular weight is 460 g/mol. The molecule has 1 unspecified atom stereocenters. The Bertz CT molecular complexity index is 1240. The lowest BCUT2D eigenvalue weighted by atomic mass is 10.1. The van der Waals surface area contributed by atoms with Gasteiger partial charge in [0.05, 0.1) is 4.90 Å². The lowest BCUT2D eigenvalue weighted by Gasteiger charge is -2.16. The van der Waals surface area contributed by atoms with E-state index in [0.29, 0.717) is 15.6 Å². The first-order chi connectivity index (χ1) is 14.4. The van der Waals surface area contributed by atoms with E-state index in [1.165, 1.54) is 24.3 Å². The molecule has 0 radical (unpaired) electrons. The fourth-order valence-corrected chi connectivity index (χ4v) is 4.23. The maximum Gasteiger partial charge on any atom is 0.247 e. The van der Waals surface area contributed by atoms with Crippen molar-refractivity contribution < 1.29 is 12.8 Å². The number of halogens is 2. The first-order valence-electron chi connectivity index (χ1n) is 8.84. The molecule has 0 saturated carbocycles. The van der Waals surface area contributed by atoms with Crippen molar-refractivity contribution in [1.82, 2.24) is 14.9 Å². The predicted octanol–water partition coefficient (Wildman–Crippen LogP) is 5.11. The Morgan fingerprint density at radius 3 is 2.03 bits per heavy atom. The normalized spacial score (nSPS) is 12.6. The molecule has 0 saturated heterocycles. The van der Waals surface area contributed by atoms with Crippen molar-refractivity contribution in [2.24, 2.45) is 0 Å². The van der Waals surface area contributed by atoms with Crippen LogP contribution in [0.15, 0.2) is 88.2 Å². The lowest BCUT2D eigenvalue weighted by Crippen LogP contribution is -2.29. The minimum absolute atomic E-state index is 0.0636. The van der Waals surface area contributed by atoms with Crippen molar-refractivity contribution in [2.45, 2.75) is 10.9 Å². The van der Waals surface area contributed by atoms with Gasteiger partial charge >= 0.3 is 0 Å². The van der Waals surface area contributed by atoms with Crippen LogP contribution in [0, 0.1) is 0 Å². The third-order valence-corrected chi connectivity index (χ3v) is 6.25. The van der Waals surface area contributed by atoms with Crippen LogP contribution in [0.25, 0.3) is 11.5 Å². The first-order valence-corrected chi connectivity index (χ1v) is 11.1. The van der Waals surface area contributed by atoms with Crippen molar-refractivity contribution in [3.8, 4) is 11.5 Å². The number of rotatable bonds is 6. The molecule has 0 amide bonds. The van der Waals surface area contributed by atoms with Gasteiger partial charge in [0.2, 0.25) is 21.8 Å². The summed E-state index contributed by atoms with van der Waals surface area (Å²) in [6.07, 6.45) is 0. The van der Waals surface area contributed by atoms with E-state index >= 15 is 0 Å². The molecule has 1 N–H and O–H groups in total. The summed E-state index contributed by atoms with van der Waals surface area (Å²) >= 11 is 11.9. The maximum atomic E-state index is 13.0. The van der Waals surface area contributed by atoms with Gasteiger partial charge in [-0.15, -0.1) is 10.2 Å². The van der Waals surface area contributed by atoms with Crippen molar-refractivity contribution in [1.29, 1.82) is 0 Å². The second-order valence-corrected chi connectivity index (χ2v) is 8.96. The van der Waals surface area contributed by atoms with Crippen molar-refractivity contribution in [3.05, 3.63) is 100 Å². The molecular weight excluding hydrogens is 445 g/mol. The summed E-state index contributed by atoms with van der Waals surface area (Å²) in [6, 6.07) is 20.9. The molecule has 0 bridgehead atoms. The quantitative estimate of drug-likeness (QED) is 0.432. The molecule has 0 fully saturated rings. The summed E-state index contributed by atoms with van der Waals surface area (Å²) in [5.74, 6) is 0.393. The maximum absolute atomic E-state index is 13.0. The molecule has 0 aliphatic rings. The molecular formula is C21H15Cl2N3O3S. The highest BCUT2D eigenvalue weighted by Gasteiger charge is 2.27. The summed E-state index contributed by atoms with van der Waals surface area (Å²) in [7, 11) is -3.91. The van der Waals surface area contributed by atoms with Crippen LogP contribution in [0.4, 0.5) is 0 Å². The molecule has 0 aliphatic heterocycles. The summed E-state index contributed by atoms with van der Waals surface area (Å²) in [5, 5.41) is 9.12. The molecule has 4 rings (SSSR count). The van der Waals surface area contributed by atoms with Crippen LogP contribution in [0.5, 0.6) is 0 Å². The van der Waals surface area contributed by atoms with Crippen LogP contribution >= 0.6 is 23.2 Å². The molecule has 0 spiro atoms. The molecule has 3 aromatic carbocycles. The van der Waals surface area contributed by atoms with Gasteiger partial charge in [0.15, 0.2) is 0 Å². The van der Waals surface area contributed by atoms with E-state index < -0.39 is 16.1 Å². The SMILES string of the molecule is O=S(=O)(NC(c1ccc(Cl)cc1)c1nnc(-c2ccccc2)o1)c1ccc(Cl)cc1. The molecule has 152 valence electrons. The highest BCUT2D eigenvalue weighted by Crippen LogP contribution is 2.28. The molecule has 6 nitrogen and oxygen atoms in total. The van der Waals surface area contributed by atoms with Crippen molar-refractivity contribution in [3.63, 3.8) is 0 Å². The number of sulfonamides is 1. The number of hydrogen-bond donors (Lipinski definition) is 1. The van der Waals surface area contributed by atoms with Gasteiger partial charge in [-0.3, -0.25) is 0 Å². The second-order valence-electron chi connectivity index (χ2n) is 6.37. The summed E-state index contributed by atoms with van der Waals surface area (Å²) < 4.78 is 34.4. The third-order valence-electron chi connectivity index (χ3n) is 4.31. The molecule has 4 aromatic rings. The number of nitrogens with one attached hydrogen (secondary N) is 1. The van der Waals surface area contributed by atoms with E-state index in [0.717, 1.165) is 5.56 Å². The van der Waals surface area contributed by atoms with Gasteiger partial charge in [0.25, 0.3) is 0 Å². The van der Waals surface area contributed by atoms with Crippen LogP contribution in [0.3, 0.4) is 0 Å². The fraction of sp³-hybridized carbons (Fsp3) is 0.0476. The predicted molar refractivity (Wildman–Crippen MR) is 115 cm³/mol. The van der Waals surface area contributed by atoms with Crippen LogP contribution in [-0.4, -0.2) is 18.6 Å². The number of nitrogens with zero attached hydrogens (tertiary/aromatic N) is 2. The van der Waals surface area contributed by atoms with Gasteiger partial charge in [-0.05, 0) is 54.1 Å². The number of hydrogen-bond acceptors (Lipinski definition) is 5. The first kappa shape index (κ1) is 20.6. The van der Waals surface area contributed by atoms with E-state index in [4.69, 9.17) is 27.6 Å². The average Bonchev–Trinajstić information content (AvgIpc) is 3.24. The minimum Gasteiger partial charge on any atom is -0.419 e. The van der Waals surface area contributed by atoms with Crippen LogP contribution in [0.2, 0.25) is 10.0 Å². The topological polar surface area (TPSA) is 85.1 Å². The molecule has 30 heavy (non-hydrogen) atoms. The monoisotopic (exact) mass is 459 g/mol. The lowest BCUT2D eigenvalue weighted by molar-refractivity contribution is 0.464. The highest BCUT2D eigenvalue weighted by molar-refractivity contribution is 7.89. The number of benzene rings is 3. The summed E-state index contributed by atoms with van der Waals surface area (Å²) in [5.41, 5.74) is 1.33. The molecule has 1 aromatic heterocycles. The van der Waals surface area contributed by atoms with Crippen LogP contribution in [0.1, 0.15) is 17.5 Å². The zero-order valence-corrected chi connectivity index (χ0v) is 17.7. The zero-order valence-electron chi connectivity index (χ0n) is 15.4. The fourth-order valence-electron chi connectivity index (χ4n) is 2.80. The zero-order chi connectivity index (χ0) is 21.1. The van der Waals surface area contributed by atoms with Crippen LogP contribution in [-0.2, 0) is 10.0 Å². The van der Waals surface area contributed by atoms with E-state index in [9.17, 15) is 8.42 Å². The molecule has 0 aliphatic carbocycles. The van der Waals surface area contributed by atoms with E-state index in [1.54, 1.807) is 24.3 Å². The Balaban J connectivity index is 1.73. The van der Waals surface area contributed by atoms with Gasteiger partial charge in [-0.25, -0.2) is 8.42 Å². The summed E-state index contributed by atoms with van der Waals surface area (Å²) in [6.45, 7) is 0. The van der Waals surface area contributed by atoms with E-state index in [2.05, 4.69) is 14.9 Å². The third kappa shape index (κ3) is 4.55. The van der Waals surface area contributed by atoms with Crippen molar-refractivity contribution in [2.75, 3.05) is 0 Å². The largest absolute Gasteiger partial charge is 0.419 e. The van der Waals surface area contributed by atoms with Gasteiger partial charge < -0.3 is 4.42 Å². The summed E-state index contributed by atoms with van der Waals surface area (Å²) in [4.78, 5) is 0.0636.